The minimum Gasteiger partial charge on any atom is -0.480 e. The van der Waals surface area contributed by atoms with E-state index in [1.54, 1.807) is 35.2 Å². The summed E-state index contributed by atoms with van der Waals surface area (Å²) in [5.41, 5.74) is 1.18. The zero-order valence-corrected chi connectivity index (χ0v) is 18.5. The summed E-state index contributed by atoms with van der Waals surface area (Å²) in [6, 6.07) is 14.1. The summed E-state index contributed by atoms with van der Waals surface area (Å²) in [5, 5.41) is 2.51. The number of hydrogen-bond acceptors (Lipinski definition) is 3. The van der Waals surface area contributed by atoms with Gasteiger partial charge in [0.2, 0.25) is 0 Å². The van der Waals surface area contributed by atoms with Gasteiger partial charge < -0.3 is 15.0 Å². The zero-order chi connectivity index (χ0) is 24.2. The Balaban J connectivity index is 1.55. The van der Waals surface area contributed by atoms with Gasteiger partial charge in [-0.2, -0.15) is 0 Å². The molecule has 1 heterocycles. The highest BCUT2D eigenvalue weighted by atomic mass is 19.1. The third kappa shape index (κ3) is 5.06. The van der Waals surface area contributed by atoms with E-state index in [-0.39, 0.29) is 18.3 Å². The number of nitrogens with one attached hydrogen (secondary N) is 1. The summed E-state index contributed by atoms with van der Waals surface area (Å²) in [4.78, 5) is 27.2. The molecule has 0 radical (unpaired) electrons. The lowest BCUT2D eigenvalue weighted by Crippen LogP contribution is -2.40. The van der Waals surface area contributed by atoms with Gasteiger partial charge in [0.1, 0.15) is 28.8 Å². The van der Waals surface area contributed by atoms with Crippen LogP contribution in [-0.2, 0) is 17.8 Å². The number of anilines is 1. The molecule has 1 N–H and O–H groups in total. The first-order valence-corrected chi connectivity index (χ1v) is 10.9. The molecule has 1 atom stereocenters. The van der Waals surface area contributed by atoms with Crippen molar-refractivity contribution < 1.29 is 27.5 Å². The summed E-state index contributed by atoms with van der Waals surface area (Å²) in [5.74, 6) is -2.83. The van der Waals surface area contributed by atoms with Crippen molar-refractivity contribution in [3.63, 3.8) is 0 Å². The average molecular weight is 468 g/mol. The summed E-state index contributed by atoms with van der Waals surface area (Å²) < 4.78 is 47.0. The van der Waals surface area contributed by atoms with Crippen LogP contribution in [0.4, 0.5) is 18.9 Å². The van der Waals surface area contributed by atoms with Crippen LogP contribution >= 0.6 is 0 Å². The molecular formula is C26H23F3N2O3. The number of benzene rings is 3. The highest BCUT2D eigenvalue weighted by molar-refractivity contribution is 6.04. The van der Waals surface area contributed by atoms with Crippen LogP contribution in [0.5, 0.6) is 5.75 Å². The quantitative estimate of drug-likeness (QED) is 0.548. The number of nitrogens with zero attached hydrogens (tertiary/aromatic N) is 1. The van der Waals surface area contributed by atoms with E-state index in [0.717, 1.165) is 17.7 Å². The molecule has 1 unspecified atom stereocenters. The minimum atomic E-state index is -0.959. The van der Waals surface area contributed by atoms with Crippen LogP contribution in [0.15, 0.2) is 60.7 Å². The fraction of sp³-hybridized carbons (Fsp3) is 0.231. The number of hydrogen-bond donors (Lipinski definition) is 1. The van der Waals surface area contributed by atoms with Crippen molar-refractivity contribution in [2.24, 2.45) is 0 Å². The first-order valence-electron chi connectivity index (χ1n) is 10.9. The van der Waals surface area contributed by atoms with Gasteiger partial charge in [-0.15, -0.1) is 0 Å². The second-order valence-corrected chi connectivity index (χ2v) is 8.02. The summed E-state index contributed by atoms with van der Waals surface area (Å²) in [6.07, 6.45) is 0.333. The third-order valence-corrected chi connectivity index (χ3v) is 5.68. The molecule has 3 aromatic rings. The molecule has 0 saturated carbocycles. The summed E-state index contributed by atoms with van der Waals surface area (Å²) in [6.45, 7) is 2.47. The summed E-state index contributed by atoms with van der Waals surface area (Å²) in [7, 11) is 0. The predicted molar refractivity (Wildman–Crippen MR) is 121 cm³/mol. The van der Waals surface area contributed by atoms with E-state index < -0.39 is 29.2 Å². The Kier molecular flexibility index (Phi) is 6.86. The van der Waals surface area contributed by atoms with Gasteiger partial charge in [-0.05, 0) is 60.9 Å². The van der Waals surface area contributed by atoms with Crippen molar-refractivity contribution in [1.29, 1.82) is 0 Å². The Morgan fingerprint density at radius 2 is 1.76 bits per heavy atom. The number of rotatable bonds is 6. The Bertz CT molecular complexity index is 1190. The van der Waals surface area contributed by atoms with Crippen LogP contribution in [0.3, 0.4) is 0 Å². The van der Waals surface area contributed by atoms with Crippen molar-refractivity contribution >= 4 is 17.5 Å². The molecule has 0 aromatic heterocycles. The predicted octanol–water partition coefficient (Wildman–Crippen LogP) is 5.10. The second kappa shape index (κ2) is 9.99. The van der Waals surface area contributed by atoms with Crippen molar-refractivity contribution in [3.8, 4) is 5.75 Å². The highest BCUT2D eigenvalue weighted by Gasteiger charge is 2.30. The number of halogens is 3. The van der Waals surface area contributed by atoms with Crippen LogP contribution in [-0.4, -0.2) is 29.4 Å². The molecular weight excluding hydrogens is 445 g/mol. The third-order valence-electron chi connectivity index (χ3n) is 5.68. The van der Waals surface area contributed by atoms with Gasteiger partial charge in [-0.25, -0.2) is 13.2 Å². The number of carbonyl (C=O) groups excluding carboxylic acids is 2. The average Bonchev–Trinajstić information content (AvgIpc) is 2.94. The van der Waals surface area contributed by atoms with Gasteiger partial charge >= 0.3 is 0 Å². The number of carbonyl (C=O) groups is 2. The maximum absolute atomic E-state index is 14.0. The Morgan fingerprint density at radius 1 is 1.06 bits per heavy atom. The van der Waals surface area contributed by atoms with Gasteiger partial charge in [-0.1, -0.05) is 25.1 Å². The molecule has 5 nitrogen and oxygen atoms in total. The van der Waals surface area contributed by atoms with Gasteiger partial charge in [-0.3, -0.25) is 9.59 Å². The van der Waals surface area contributed by atoms with E-state index >= 15 is 0 Å². The Hall–Kier alpha value is -3.81. The highest BCUT2D eigenvalue weighted by Crippen LogP contribution is 2.30. The first kappa shape index (κ1) is 23.4. The van der Waals surface area contributed by atoms with Crippen LogP contribution in [0.1, 0.15) is 34.8 Å². The SMILES string of the molecule is CCC1Oc2ccc(NC(=O)c3c(F)cccc3F)cc2CN(CCc2ccc(F)cc2)C1=O. The second-order valence-electron chi connectivity index (χ2n) is 8.02. The molecule has 0 spiro atoms. The van der Waals surface area contributed by atoms with Gasteiger partial charge in [0.05, 0.1) is 0 Å². The van der Waals surface area contributed by atoms with Crippen molar-refractivity contribution in [2.75, 3.05) is 11.9 Å². The standard InChI is InChI=1S/C26H23F3N2O3/c1-2-22-26(33)31(13-12-16-6-8-18(27)9-7-16)15-17-14-19(10-11-23(17)34-22)30-25(32)24-20(28)4-3-5-21(24)29/h3-11,14,22H,2,12-13,15H2,1H3,(H,30,32). The summed E-state index contributed by atoms with van der Waals surface area (Å²) >= 11 is 0. The number of fused-ring (bicyclic) bond motifs is 1. The molecule has 34 heavy (non-hydrogen) atoms. The molecule has 0 saturated heterocycles. The molecule has 2 amide bonds. The smallest absolute Gasteiger partial charge is 0.263 e. The molecule has 1 aliphatic heterocycles. The van der Waals surface area contributed by atoms with Crippen LogP contribution < -0.4 is 10.1 Å². The van der Waals surface area contributed by atoms with Gasteiger partial charge in [0.15, 0.2) is 6.10 Å². The first-order chi connectivity index (χ1) is 16.4. The molecule has 0 bridgehead atoms. The van der Waals surface area contributed by atoms with Crippen LogP contribution in [0.25, 0.3) is 0 Å². The van der Waals surface area contributed by atoms with Gasteiger partial charge in [0.25, 0.3) is 11.8 Å². The molecule has 4 rings (SSSR count). The molecule has 3 aromatic carbocycles. The Labute approximate surface area is 195 Å². The van der Waals surface area contributed by atoms with E-state index in [2.05, 4.69) is 5.32 Å². The van der Waals surface area contributed by atoms with Crippen molar-refractivity contribution in [1.82, 2.24) is 4.90 Å². The van der Waals surface area contributed by atoms with Gasteiger partial charge in [0, 0.05) is 24.3 Å². The molecule has 1 aliphatic rings. The molecule has 0 fully saturated rings. The van der Waals surface area contributed by atoms with E-state index in [1.807, 2.05) is 6.92 Å². The number of amides is 2. The lowest BCUT2D eigenvalue weighted by molar-refractivity contribution is -0.138. The van der Waals surface area contributed by atoms with Crippen LogP contribution in [0.2, 0.25) is 0 Å². The molecule has 176 valence electrons. The lowest BCUT2D eigenvalue weighted by atomic mass is 10.1. The van der Waals surface area contributed by atoms with Crippen LogP contribution in [0, 0.1) is 17.5 Å². The van der Waals surface area contributed by atoms with E-state index in [0.29, 0.717) is 36.4 Å². The normalized spacial score (nSPS) is 15.4. The van der Waals surface area contributed by atoms with E-state index in [4.69, 9.17) is 4.74 Å². The largest absolute Gasteiger partial charge is 0.480 e. The topological polar surface area (TPSA) is 58.6 Å². The number of ether oxygens (including phenoxy) is 1. The molecule has 0 aliphatic carbocycles. The lowest BCUT2D eigenvalue weighted by Gasteiger charge is -2.23. The monoisotopic (exact) mass is 468 g/mol. The fourth-order valence-electron chi connectivity index (χ4n) is 3.86. The van der Waals surface area contributed by atoms with Crippen molar-refractivity contribution in [3.05, 3.63) is 94.8 Å². The maximum atomic E-state index is 14.0. The molecule has 8 heteroatoms. The Morgan fingerprint density at radius 3 is 2.44 bits per heavy atom. The van der Waals surface area contributed by atoms with E-state index in [1.165, 1.54) is 18.2 Å². The zero-order valence-electron chi connectivity index (χ0n) is 18.5. The van der Waals surface area contributed by atoms with E-state index in [9.17, 15) is 22.8 Å². The minimum absolute atomic E-state index is 0.167. The maximum Gasteiger partial charge on any atom is 0.263 e. The van der Waals surface area contributed by atoms with Crippen molar-refractivity contribution in [2.45, 2.75) is 32.4 Å². The fourth-order valence-corrected chi connectivity index (χ4v) is 3.86.